The number of benzene rings is 3. The minimum Gasteiger partial charge on any atom is -0.507 e. The van der Waals surface area contributed by atoms with Gasteiger partial charge in [-0.1, -0.05) is 132 Å². The van der Waals surface area contributed by atoms with Crippen LogP contribution in [0.4, 0.5) is 0 Å². The lowest BCUT2D eigenvalue weighted by Crippen LogP contribution is -2.58. The van der Waals surface area contributed by atoms with Crippen LogP contribution in [0.2, 0.25) is 0 Å². The molecule has 3 aromatic carbocycles. The molecular weight excluding hydrogens is 464 g/mol. The molecule has 0 aliphatic heterocycles. The van der Waals surface area contributed by atoms with Gasteiger partial charge >= 0.3 is 0 Å². The molecule has 0 spiro atoms. The summed E-state index contributed by atoms with van der Waals surface area (Å²) in [5.74, 6) is 0.208. The Labute approximate surface area is 230 Å². The van der Waals surface area contributed by atoms with Gasteiger partial charge in [0.1, 0.15) is 5.75 Å². The van der Waals surface area contributed by atoms with E-state index in [0.29, 0.717) is 0 Å². The number of aliphatic hydroxyl groups excluding tert-OH is 1. The lowest BCUT2D eigenvalue weighted by Gasteiger charge is -2.56. The third-order valence-electron chi connectivity index (χ3n) is 8.91. The Morgan fingerprint density at radius 3 is 1.71 bits per heavy atom. The van der Waals surface area contributed by atoms with E-state index in [9.17, 15) is 10.2 Å². The fraction of sp³-hybridized carbons (Fsp3) is 0.500. The molecule has 0 amide bonds. The van der Waals surface area contributed by atoms with Crippen molar-refractivity contribution in [3.63, 3.8) is 0 Å². The largest absolute Gasteiger partial charge is 0.507 e. The summed E-state index contributed by atoms with van der Waals surface area (Å²) in [7, 11) is 0. The average molecular weight is 513 g/mol. The molecule has 0 saturated heterocycles. The quantitative estimate of drug-likeness (QED) is 0.353. The lowest BCUT2D eigenvalue weighted by atomic mass is 9.49. The SMILES string of the molecule is CC(C)(C)c1ccc2c(c1)=CC(C(C)(C)C)(C(C)(C)C)C(O)C=2c1c(O)ccc2cc(C(C)(C)C)ccc12. The maximum atomic E-state index is 12.6. The van der Waals surface area contributed by atoms with Gasteiger partial charge in [-0.25, -0.2) is 0 Å². The first-order valence-electron chi connectivity index (χ1n) is 14.0. The Bertz CT molecular complexity index is 1500. The van der Waals surface area contributed by atoms with E-state index in [2.05, 4.69) is 126 Å². The van der Waals surface area contributed by atoms with Crippen molar-refractivity contribution in [3.8, 4) is 5.75 Å². The lowest BCUT2D eigenvalue weighted by molar-refractivity contribution is -0.0524. The fourth-order valence-electron chi connectivity index (χ4n) is 6.81. The molecule has 204 valence electrons. The number of aromatic hydroxyl groups is 1. The third kappa shape index (κ3) is 4.39. The average Bonchev–Trinajstić information content (AvgIpc) is 2.76. The van der Waals surface area contributed by atoms with Crippen molar-refractivity contribution in [3.05, 3.63) is 75.7 Å². The standard InChI is InChI=1S/C36H48O2/c1-32(2,3)24-14-16-26-22(19-24)13-18-28(37)29(26)30-27-17-15-25(33(4,5)6)20-23(27)21-36(31(30)38,34(7,8)9)35(10,11)12/h13-21,31,37-38H,1-12H3. The highest BCUT2D eigenvalue weighted by Crippen LogP contribution is 2.58. The molecule has 0 heterocycles. The molecule has 38 heavy (non-hydrogen) atoms. The number of hydrogen-bond acceptors (Lipinski definition) is 2. The Hall–Kier alpha value is -2.58. The Kier molecular flexibility index (Phi) is 6.52. The minimum atomic E-state index is -0.811. The zero-order valence-corrected chi connectivity index (χ0v) is 25.7. The molecule has 4 rings (SSSR count). The zero-order chi connectivity index (χ0) is 28.6. The molecule has 0 saturated carbocycles. The first-order valence-corrected chi connectivity index (χ1v) is 14.0. The molecule has 2 heteroatoms. The molecule has 0 aromatic heterocycles. The fourth-order valence-corrected chi connectivity index (χ4v) is 6.81. The van der Waals surface area contributed by atoms with Crippen LogP contribution < -0.4 is 10.4 Å². The van der Waals surface area contributed by atoms with Crippen LogP contribution in [0, 0.1) is 16.2 Å². The van der Waals surface area contributed by atoms with Crippen molar-refractivity contribution in [2.45, 2.75) is 100 Å². The van der Waals surface area contributed by atoms with Gasteiger partial charge in [0.25, 0.3) is 0 Å². The van der Waals surface area contributed by atoms with Crippen LogP contribution >= 0.6 is 0 Å². The van der Waals surface area contributed by atoms with Crippen molar-refractivity contribution in [2.75, 3.05) is 0 Å². The van der Waals surface area contributed by atoms with Crippen LogP contribution in [0.5, 0.6) is 5.75 Å². The highest BCUT2D eigenvalue weighted by Gasteiger charge is 2.56. The number of phenolic OH excluding ortho intramolecular Hbond substituents is 1. The van der Waals surface area contributed by atoms with Crippen molar-refractivity contribution in [2.24, 2.45) is 16.2 Å². The summed E-state index contributed by atoms with van der Waals surface area (Å²) in [6.45, 7) is 26.7. The topological polar surface area (TPSA) is 40.5 Å². The molecule has 0 fully saturated rings. The van der Waals surface area contributed by atoms with Crippen molar-refractivity contribution < 1.29 is 10.2 Å². The van der Waals surface area contributed by atoms with Gasteiger partial charge in [0.05, 0.1) is 6.10 Å². The van der Waals surface area contributed by atoms with Gasteiger partial charge in [0.2, 0.25) is 0 Å². The van der Waals surface area contributed by atoms with Gasteiger partial charge in [-0.2, -0.15) is 0 Å². The number of rotatable bonds is 1. The molecule has 0 radical (unpaired) electrons. The molecule has 1 aliphatic carbocycles. The van der Waals surface area contributed by atoms with Crippen molar-refractivity contribution in [1.29, 1.82) is 0 Å². The number of phenols is 1. The maximum Gasteiger partial charge on any atom is 0.123 e. The normalized spacial score (nSPS) is 18.3. The maximum absolute atomic E-state index is 12.6. The molecular formula is C36H48O2. The second-order valence-corrected chi connectivity index (χ2v) is 15.5. The predicted molar refractivity (Wildman–Crippen MR) is 163 cm³/mol. The van der Waals surface area contributed by atoms with E-state index in [1.54, 1.807) is 6.07 Å². The monoisotopic (exact) mass is 512 g/mol. The summed E-state index contributed by atoms with van der Waals surface area (Å²) in [6.07, 6.45) is 1.53. The summed E-state index contributed by atoms with van der Waals surface area (Å²) in [5.41, 5.74) is 2.98. The van der Waals surface area contributed by atoms with Gasteiger partial charge in [0.15, 0.2) is 0 Å². The third-order valence-corrected chi connectivity index (χ3v) is 8.91. The van der Waals surface area contributed by atoms with Crippen LogP contribution in [0.3, 0.4) is 0 Å². The van der Waals surface area contributed by atoms with E-state index in [1.807, 2.05) is 6.07 Å². The molecule has 2 N–H and O–H groups in total. The van der Waals surface area contributed by atoms with Crippen LogP contribution in [0.15, 0.2) is 48.5 Å². The molecule has 3 aromatic rings. The van der Waals surface area contributed by atoms with Crippen molar-refractivity contribution in [1.82, 2.24) is 0 Å². The van der Waals surface area contributed by atoms with Gasteiger partial charge in [-0.15, -0.1) is 0 Å². The second-order valence-electron chi connectivity index (χ2n) is 15.5. The molecule has 1 aliphatic rings. The molecule has 2 nitrogen and oxygen atoms in total. The summed E-state index contributed by atoms with van der Waals surface area (Å²) in [5, 5.41) is 28.2. The minimum absolute atomic E-state index is 0.00381. The number of hydrogen-bond donors (Lipinski definition) is 2. The van der Waals surface area contributed by atoms with E-state index in [0.717, 1.165) is 32.3 Å². The van der Waals surface area contributed by atoms with Crippen LogP contribution in [0.1, 0.15) is 99.8 Å². The van der Waals surface area contributed by atoms with E-state index < -0.39 is 11.5 Å². The summed E-state index contributed by atoms with van der Waals surface area (Å²) in [4.78, 5) is 0. The molecule has 1 atom stereocenters. The smallest absolute Gasteiger partial charge is 0.123 e. The second kappa shape index (κ2) is 8.71. The first-order chi connectivity index (χ1) is 17.2. The summed E-state index contributed by atoms with van der Waals surface area (Å²) >= 11 is 0. The van der Waals surface area contributed by atoms with Crippen molar-refractivity contribution >= 4 is 22.4 Å². The molecule has 1 unspecified atom stereocenters. The Morgan fingerprint density at radius 2 is 1.18 bits per heavy atom. The summed E-state index contributed by atoms with van der Waals surface area (Å²) < 4.78 is 0. The zero-order valence-electron chi connectivity index (χ0n) is 25.7. The van der Waals surface area contributed by atoms with E-state index >= 15 is 0 Å². The van der Waals surface area contributed by atoms with Crippen LogP contribution in [-0.4, -0.2) is 16.3 Å². The molecule has 0 bridgehead atoms. The Balaban J connectivity index is 2.22. The highest BCUT2D eigenvalue weighted by atomic mass is 16.3. The number of fused-ring (bicyclic) bond motifs is 2. The van der Waals surface area contributed by atoms with Crippen LogP contribution in [0.25, 0.3) is 22.4 Å². The highest BCUT2D eigenvalue weighted by molar-refractivity contribution is 5.98. The van der Waals surface area contributed by atoms with Gasteiger partial charge in [-0.3, -0.25) is 0 Å². The first kappa shape index (κ1) is 28.4. The van der Waals surface area contributed by atoms with Gasteiger partial charge in [-0.05, 0) is 60.1 Å². The Morgan fingerprint density at radius 1 is 0.658 bits per heavy atom. The predicted octanol–water partition coefficient (Wildman–Crippen LogP) is 7.57. The van der Waals surface area contributed by atoms with E-state index in [1.165, 1.54) is 11.1 Å². The van der Waals surface area contributed by atoms with Crippen LogP contribution in [-0.2, 0) is 10.8 Å². The van der Waals surface area contributed by atoms with Gasteiger partial charge in [0, 0.05) is 16.6 Å². The van der Waals surface area contributed by atoms with Gasteiger partial charge < -0.3 is 10.2 Å². The van der Waals surface area contributed by atoms with E-state index in [-0.39, 0.29) is 27.4 Å². The number of aliphatic hydroxyl groups is 1. The van der Waals surface area contributed by atoms with E-state index in [4.69, 9.17) is 0 Å². The summed E-state index contributed by atoms with van der Waals surface area (Å²) in [6, 6.07) is 16.9.